The topological polar surface area (TPSA) is 52.7 Å². The summed E-state index contributed by atoms with van der Waals surface area (Å²) in [6.45, 7) is 1.74. The van der Waals surface area contributed by atoms with Gasteiger partial charge in [-0.3, -0.25) is 9.59 Å². The van der Waals surface area contributed by atoms with E-state index in [1.807, 2.05) is 6.07 Å². The predicted octanol–water partition coefficient (Wildman–Crippen LogP) is 2.38. The van der Waals surface area contributed by atoms with Crippen LogP contribution in [0.15, 0.2) is 18.2 Å². The van der Waals surface area contributed by atoms with Crippen LogP contribution in [-0.2, 0) is 9.59 Å². The highest BCUT2D eigenvalue weighted by atomic mass is 19.1. The number of hydrogen-bond donors (Lipinski definition) is 1. The number of carbonyl (C=O) groups excluding carboxylic acids is 2. The van der Waals surface area contributed by atoms with E-state index in [1.165, 1.54) is 11.0 Å². The minimum absolute atomic E-state index is 0.0373. The minimum Gasteiger partial charge on any atom is -0.370 e. The third-order valence-corrected chi connectivity index (χ3v) is 4.72. The molecule has 2 fully saturated rings. The zero-order chi connectivity index (χ0) is 16.4. The Morgan fingerprint density at radius 3 is 2.74 bits per heavy atom. The van der Waals surface area contributed by atoms with Crippen LogP contribution in [0.5, 0.6) is 0 Å². The number of carbonyl (C=O) groups is 2. The van der Waals surface area contributed by atoms with Crippen LogP contribution in [0.4, 0.5) is 15.8 Å². The zero-order valence-electron chi connectivity index (χ0n) is 13.3. The van der Waals surface area contributed by atoms with E-state index in [4.69, 9.17) is 0 Å². The molecular formula is C17H22FN3O2. The number of amides is 2. The molecule has 6 heteroatoms. The maximum absolute atomic E-state index is 14.3. The molecule has 124 valence electrons. The summed E-state index contributed by atoms with van der Waals surface area (Å²) in [4.78, 5) is 27.9. The summed E-state index contributed by atoms with van der Waals surface area (Å²) in [5, 5.41) is 2.73. The molecule has 2 aliphatic rings. The quantitative estimate of drug-likeness (QED) is 0.930. The van der Waals surface area contributed by atoms with Crippen LogP contribution in [0.3, 0.4) is 0 Å². The average molecular weight is 319 g/mol. The Kier molecular flexibility index (Phi) is 4.50. The standard InChI is InChI=1S/C17H22FN3O2/c1-20-14(8-5-9-15(20)22)17(23)19-16-12(18)6-4-7-13(16)21-10-2-3-11-21/h4,6-7,14H,2-3,5,8-11H2,1H3,(H,19,23). The number of piperidine rings is 1. The van der Waals surface area contributed by atoms with Crippen molar-refractivity contribution >= 4 is 23.2 Å². The van der Waals surface area contributed by atoms with Crippen LogP contribution in [0.2, 0.25) is 0 Å². The number of halogens is 1. The first-order chi connectivity index (χ1) is 11.1. The monoisotopic (exact) mass is 319 g/mol. The first kappa shape index (κ1) is 15.8. The van der Waals surface area contributed by atoms with Crippen molar-refractivity contribution in [2.24, 2.45) is 0 Å². The molecule has 3 rings (SSSR count). The number of hydrogen-bond acceptors (Lipinski definition) is 3. The molecule has 2 heterocycles. The summed E-state index contributed by atoms with van der Waals surface area (Å²) in [6.07, 6.45) is 3.92. The van der Waals surface area contributed by atoms with E-state index in [2.05, 4.69) is 10.2 Å². The summed E-state index contributed by atoms with van der Waals surface area (Å²) in [5.74, 6) is -0.789. The Hall–Kier alpha value is -2.11. The third-order valence-electron chi connectivity index (χ3n) is 4.72. The van der Waals surface area contributed by atoms with E-state index in [-0.39, 0.29) is 17.5 Å². The van der Waals surface area contributed by atoms with Crippen LogP contribution in [0.1, 0.15) is 32.1 Å². The molecule has 0 spiro atoms. The van der Waals surface area contributed by atoms with Gasteiger partial charge in [-0.25, -0.2) is 4.39 Å². The van der Waals surface area contributed by atoms with E-state index >= 15 is 0 Å². The lowest BCUT2D eigenvalue weighted by molar-refractivity contribution is -0.140. The van der Waals surface area contributed by atoms with Crippen molar-refractivity contribution in [2.75, 3.05) is 30.4 Å². The molecule has 1 N–H and O–H groups in total. The van der Waals surface area contributed by atoms with Gasteiger partial charge in [0.2, 0.25) is 11.8 Å². The molecule has 5 nitrogen and oxygen atoms in total. The van der Waals surface area contributed by atoms with Crippen molar-refractivity contribution in [3.63, 3.8) is 0 Å². The van der Waals surface area contributed by atoms with Crippen molar-refractivity contribution in [1.29, 1.82) is 0 Å². The normalized spacial score (nSPS) is 21.7. The molecule has 1 aromatic carbocycles. The van der Waals surface area contributed by atoms with Gasteiger partial charge in [0.05, 0.1) is 5.69 Å². The predicted molar refractivity (Wildman–Crippen MR) is 86.9 cm³/mol. The van der Waals surface area contributed by atoms with Gasteiger partial charge >= 0.3 is 0 Å². The van der Waals surface area contributed by atoms with E-state index in [1.54, 1.807) is 13.1 Å². The first-order valence-electron chi connectivity index (χ1n) is 8.18. The molecule has 0 aliphatic carbocycles. The Morgan fingerprint density at radius 2 is 2.00 bits per heavy atom. The number of para-hydroxylation sites is 1. The van der Waals surface area contributed by atoms with Crippen molar-refractivity contribution in [3.05, 3.63) is 24.0 Å². The Morgan fingerprint density at radius 1 is 1.26 bits per heavy atom. The summed E-state index contributed by atoms with van der Waals surface area (Å²) in [6, 6.07) is 4.32. The molecule has 2 aliphatic heterocycles. The van der Waals surface area contributed by atoms with Crippen LogP contribution in [0, 0.1) is 5.82 Å². The number of rotatable bonds is 3. The highest BCUT2D eigenvalue weighted by Gasteiger charge is 2.31. The van der Waals surface area contributed by atoms with E-state index < -0.39 is 11.9 Å². The minimum atomic E-state index is -0.526. The molecule has 2 amide bonds. The molecule has 1 atom stereocenters. The number of nitrogens with one attached hydrogen (secondary N) is 1. The molecule has 0 bridgehead atoms. The average Bonchev–Trinajstić information content (AvgIpc) is 3.06. The SMILES string of the molecule is CN1C(=O)CCCC1C(=O)Nc1c(F)cccc1N1CCCC1. The van der Waals surface area contributed by atoms with E-state index in [0.29, 0.717) is 19.3 Å². The van der Waals surface area contributed by atoms with Gasteiger partial charge in [-0.15, -0.1) is 0 Å². The molecular weight excluding hydrogens is 297 g/mol. The highest BCUT2D eigenvalue weighted by molar-refractivity contribution is 6.00. The highest BCUT2D eigenvalue weighted by Crippen LogP contribution is 2.32. The second-order valence-electron chi connectivity index (χ2n) is 6.23. The first-order valence-corrected chi connectivity index (χ1v) is 8.18. The van der Waals surface area contributed by atoms with E-state index in [9.17, 15) is 14.0 Å². The lowest BCUT2D eigenvalue weighted by atomic mass is 10.0. The van der Waals surface area contributed by atoms with Crippen molar-refractivity contribution in [1.82, 2.24) is 4.90 Å². The maximum Gasteiger partial charge on any atom is 0.247 e. The van der Waals surface area contributed by atoms with Gasteiger partial charge in [0.15, 0.2) is 0 Å². The second-order valence-corrected chi connectivity index (χ2v) is 6.23. The van der Waals surface area contributed by atoms with Crippen LogP contribution in [0.25, 0.3) is 0 Å². The maximum atomic E-state index is 14.3. The van der Waals surface area contributed by atoms with Gasteiger partial charge in [0, 0.05) is 26.6 Å². The summed E-state index contributed by atoms with van der Waals surface area (Å²) in [7, 11) is 1.63. The molecule has 23 heavy (non-hydrogen) atoms. The number of benzene rings is 1. The van der Waals surface area contributed by atoms with Crippen molar-refractivity contribution < 1.29 is 14.0 Å². The molecule has 0 aromatic heterocycles. The molecule has 0 saturated carbocycles. The largest absolute Gasteiger partial charge is 0.370 e. The van der Waals surface area contributed by atoms with Gasteiger partial charge in [0.25, 0.3) is 0 Å². The molecule has 1 unspecified atom stereocenters. The smallest absolute Gasteiger partial charge is 0.247 e. The van der Waals surface area contributed by atoms with Crippen LogP contribution < -0.4 is 10.2 Å². The van der Waals surface area contributed by atoms with Crippen molar-refractivity contribution in [2.45, 2.75) is 38.1 Å². The van der Waals surface area contributed by atoms with Gasteiger partial charge in [-0.2, -0.15) is 0 Å². The summed E-state index contributed by atoms with van der Waals surface area (Å²) in [5.41, 5.74) is 0.950. The summed E-state index contributed by atoms with van der Waals surface area (Å²) < 4.78 is 14.3. The van der Waals surface area contributed by atoms with Gasteiger partial charge < -0.3 is 15.1 Å². The van der Waals surface area contributed by atoms with Gasteiger partial charge in [0.1, 0.15) is 17.5 Å². The third kappa shape index (κ3) is 3.16. The number of nitrogens with zero attached hydrogens (tertiary/aromatic N) is 2. The molecule has 2 saturated heterocycles. The van der Waals surface area contributed by atoms with Gasteiger partial charge in [-0.05, 0) is 37.8 Å². The van der Waals surface area contributed by atoms with Crippen LogP contribution in [-0.4, -0.2) is 42.9 Å². The number of anilines is 2. The Balaban J connectivity index is 1.81. The number of likely N-dealkylation sites (N-methyl/N-ethyl adjacent to an activating group) is 1. The fourth-order valence-electron chi connectivity index (χ4n) is 3.36. The second kappa shape index (κ2) is 6.56. The van der Waals surface area contributed by atoms with E-state index in [0.717, 1.165) is 31.6 Å². The molecule has 0 radical (unpaired) electrons. The Labute approximate surface area is 135 Å². The molecule has 1 aromatic rings. The lowest BCUT2D eigenvalue weighted by Crippen LogP contribution is -2.47. The number of likely N-dealkylation sites (tertiary alicyclic amines) is 1. The van der Waals surface area contributed by atoms with Gasteiger partial charge in [-0.1, -0.05) is 6.07 Å². The zero-order valence-corrected chi connectivity index (χ0v) is 13.3. The lowest BCUT2D eigenvalue weighted by Gasteiger charge is -2.32. The van der Waals surface area contributed by atoms with Crippen LogP contribution >= 0.6 is 0 Å². The summed E-state index contributed by atoms with van der Waals surface area (Å²) >= 11 is 0. The Bertz CT molecular complexity index is 614. The fourth-order valence-corrected chi connectivity index (χ4v) is 3.36. The van der Waals surface area contributed by atoms with Crippen molar-refractivity contribution in [3.8, 4) is 0 Å². The fraction of sp³-hybridized carbons (Fsp3) is 0.529.